The summed E-state index contributed by atoms with van der Waals surface area (Å²) in [6.45, 7) is -0.0728. The Hall–Kier alpha value is -1.81. The molecule has 1 unspecified atom stereocenters. The zero-order valence-corrected chi connectivity index (χ0v) is 15.4. The van der Waals surface area contributed by atoms with Crippen molar-refractivity contribution in [2.45, 2.75) is 19.0 Å². The smallest absolute Gasteiger partial charge is 0.246 e. The van der Waals surface area contributed by atoms with Gasteiger partial charge in [0.05, 0.1) is 11.5 Å². The highest BCUT2D eigenvalue weighted by Crippen LogP contribution is 2.18. The summed E-state index contributed by atoms with van der Waals surface area (Å²) in [5, 5.41) is 12.0. The lowest BCUT2D eigenvalue weighted by molar-refractivity contribution is -0.132. The van der Waals surface area contributed by atoms with Crippen molar-refractivity contribution in [3.8, 4) is 11.4 Å². The molecule has 1 atom stereocenters. The van der Waals surface area contributed by atoms with Gasteiger partial charge in [-0.2, -0.15) is 4.80 Å². The minimum absolute atomic E-state index is 0.0180. The minimum Gasteiger partial charge on any atom is -0.340 e. The van der Waals surface area contributed by atoms with E-state index in [1.165, 1.54) is 9.70 Å². The number of benzene rings is 1. The van der Waals surface area contributed by atoms with E-state index in [4.69, 9.17) is 0 Å². The molecule has 0 bridgehead atoms. The summed E-state index contributed by atoms with van der Waals surface area (Å²) < 4.78 is 24.0. The van der Waals surface area contributed by atoms with Crippen LogP contribution >= 0.6 is 15.9 Å². The van der Waals surface area contributed by atoms with Crippen LogP contribution in [0.25, 0.3) is 11.4 Å². The van der Waals surface area contributed by atoms with Gasteiger partial charge in [0.2, 0.25) is 11.7 Å². The highest BCUT2D eigenvalue weighted by atomic mass is 79.9. The van der Waals surface area contributed by atoms with Gasteiger partial charge in [-0.3, -0.25) is 4.79 Å². The number of rotatable bonds is 4. The normalized spacial score (nSPS) is 19.3. The average Bonchev–Trinajstić information content (AvgIpc) is 3.13. The van der Waals surface area contributed by atoms with E-state index in [2.05, 4.69) is 31.3 Å². The third-order valence-electron chi connectivity index (χ3n) is 3.98. The molecule has 0 N–H and O–H groups in total. The average molecular weight is 414 g/mol. The molecule has 24 heavy (non-hydrogen) atoms. The first kappa shape index (κ1) is 17.0. The highest BCUT2D eigenvalue weighted by molar-refractivity contribution is 9.10. The van der Waals surface area contributed by atoms with Crippen LogP contribution in [-0.4, -0.2) is 64.0 Å². The fourth-order valence-corrected chi connectivity index (χ4v) is 4.58. The maximum absolute atomic E-state index is 12.3. The Balaban J connectivity index is 1.66. The summed E-state index contributed by atoms with van der Waals surface area (Å²) in [6, 6.07) is 7.16. The fourth-order valence-electron chi connectivity index (χ4n) is 2.54. The van der Waals surface area contributed by atoms with Crippen LogP contribution in [0.3, 0.4) is 0 Å². The molecule has 8 nitrogen and oxygen atoms in total. The summed E-state index contributed by atoms with van der Waals surface area (Å²) in [4.78, 5) is 15.0. The summed E-state index contributed by atoms with van der Waals surface area (Å²) in [5.41, 5.74) is 0.798. The van der Waals surface area contributed by atoms with Gasteiger partial charge in [-0.05, 0) is 35.9 Å². The van der Waals surface area contributed by atoms with Crippen molar-refractivity contribution in [3.05, 3.63) is 28.7 Å². The Morgan fingerprint density at radius 1 is 1.38 bits per heavy atom. The van der Waals surface area contributed by atoms with Crippen molar-refractivity contribution in [2.24, 2.45) is 0 Å². The van der Waals surface area contributed by atoms with E-state index in [0.29, 0.717) is 12.2 Å². The molecule has 0 radical (unpaired) electrons. The first-order chi connectivity index (χ1) is 11.3. The number of halogens is 1. The van der Waals surface area contributed by atoms with E-state index in [9.17, 15) is 13.2 Å². The third-order valence-corrected chi connectivity index (χ3v) is 6.26. The lowest BCUT2D eigenvalue weighted by Gasteiger charge is -2.22. The van der Waals surface area contributed by atoms with E-state index in [1.54, 1.807) is 7.05 Å². The van der Waals surface area contributed by atoms with E-state index in [-0.39, 0.29) is 30.0 Å². The Morgan fingerprint density at radius 3 is 2.71 bits per heavy atom. The van der Waals surface area contributed by atoms with Crippen molar-refractivity contribution >= 4 is 31.7 Å². The predicted molar refractivity (Wildman–Crippen MR) is 90.8 cm³/mol. The molecule has 1 fully saturated rings. The number of hydrogen-bond acceptors (Lipinski definition) is 6. The number of sulfone groups is 1. The summed E-state index contributed by atoms with van der Waals surface area (Å²) >= 11 is 3.36. The predicted octanol–water partition coefficient (Wildman–Crippen LogP) is 0.748. The number of aromatic nitrogens is 4. The molecule has 10 heteroatoms. The van der Waals surface area contributed by atoms with Crippen LogP contribution in [0, 0.1) is 0 Å². The van der Waals surface area contributed by atoms with E-state index in [1.807, 2.05) is 24.3 Å². The summed E-state index contributed by atoms with van der Waals surface area (Å²) in [7, 11) is -1.42. The number of amides is 1. The maximum Gasteiger partial charge on any atom is 0.246 e. The number of carbonyl (C=O) groups excluding carboxylic acids is 1. The Labute approximate surface area is 147 Å². The van der Waals surface area contributed by atoms with Crippen LogP contribution in [0.15, 0.2) is 28.7 Å². The molecule has 2 aromatic rings. The molecule has 0 spiro atoms. The zero-order valence-electron chi connectivity index (χ0n) is 13.0. The molecule has 1 aliphatic heterocycles. The second-order valence-corrected chi connectivity index (χ2v) is 8.86. The fraction of sp³-hybridized carbons (Fsp3) is 0.429. The van der Waals surface area contributed by atoms with Gasteiger partial charge >= 0.3 is 0 Å². The number of hydrogen-bond donors (Lipinski definition) is 0. The lowest BCUT2D eigenvalue weighted by Crippen LogP contribution is -2.40. The number of likely N-dealkylation sites (N-methyl/N-ethyl adjacent to an activating group) is 1. The zero-order chi connectivity index (χ0) is 17.3. The van der Waals surface area contributed by atoms with Gasteiger partial charge in [-0.15, -0.1) is 10.2 Å². The third kappa shape index (κ3) is 3.81. The summed E-state index contributed by atoms with van der Waals surface area (Å²) in [6.07, 6.45) is 0.472. The number of tetrazole rings is 1. The molecule has 1 amide bonds. The van der Waals surface area contributed by atoms with Crippen LogP contribution in [0.1, 0.15) is 6.42 Å². The Morgan fingerprint density at radius 2 is 2.08 bits per heavy atom. The van der Waals surface area contributed by atoms with Gasteiger partial charge in [-0.25, -0.2) is 8.42 Å². The largest absolute Gasteiger partial charge is 0.340 e. The first-order valence-corrected chi connectivity index (χ1v) is 9.95. The summed E-state index contributed by atoms with van der Waals surface area (Å²) in [5.74, 6) is 0.340. The first-order valence-electron chi connectivity index (χ1n) is 7.34. The molecule has 128 valence electrons. The van der Waals surface area contributed by atoms with Gasteiger partial charge in [0.1, 0.15) is 6.54 Å². The van der Waals surface area contributed by atoms with Crippen molar-refractivity contribution < 1.29 is 13.2 Å². The van der Waals surface area contributed by atoms with Crippen LogP contribution < -0.4 is 0 Å². The molecular weight excluding hydrogens is 398 g/mol. The van der Waals surface area contributed by atoms with Crippen LogP contribution in [0.5, 0.6) is 0 Å². The lowest BCUT2D eigenvalue weighted by atomic mass is 10.2. The second-order valence-electron chi connectivity index (χ2n) is 5.71. The van der Waals surface area contributed by atoms with Crippen molar-refractivity contribution in [3.63, 3.8) is 0 Å². The number of carbonyl (C=O) groups is 1. The van der Waals surface area contributed by atoms with E-state index < -0.39 is 9.84 Å². The van der Waals surface area contributed by atoms with Crippen molar-refractivity contribution in [1.29, 1.82) is 0 Å². The maximum atomic E-state index is 12.3. The molecule has 0 saturated carbocycles. The van der Waals surface area contributed by atoms with Crippen LogP contribution in [-0.2, 0) is 21.2 Å². The van der Waals surface area contributed by atoms with Gasteiger partial charge in [0, 0.05) is 23.1 Å². The topological polar surface area (TPSA) is 98.1 Å². The number of nitrogens with zero attached hydrogens (tertiary/aromatic N) is 5. The highest BCUT2D eigenvalue weighted by Gasteiger charge is 2.32. The molecule has 1 aromatic heterocycles. The molecule has 3 rings (SSSR count). The van der Waals surface area contributed by atoms with Gasteiger partial charge in [0.25, 0.3) is 0 Å². The van der Waals surface area contributed by atoms with Gasteiger partial charge in [0.15, 0.2) is 9.84 Å². The van der Waals surface area contributed by atoms with Gasteiger partial charge < -0.3 is 4.90 Å². The van der Waals surface area contributed by atoms with Crippen LogP contribution in [0.4, 0.5) is 0 Å². The molecule has 1 saturated heterocycles. The van der Waals surface area contributed by atoms with Gasteiger partial charge in [-0.1, -0.05) is 15.9 Å². The second kappa shape index (κ2) is 6.60. The Kier molecular flexibility index (Phi) is 4.68. The minimum atomic E-state index is -3.03. The standard InChI is InChI=1S/C14H16BrN5O3S/c1-19(12-6-7-24(22,23)9-12)13(21)8-20-17-14(16-18-20)10-2-4-11(15)5-3-10/h2-5,12H,6-9H2,1H3. The van der Waals surface area contributed by atoms with Crippen molar-refractivity contribution in [2.75, 3.05) is 18.6 Å². The molecule has 2 heterocycles. The Bertz CT molecular complexity index is 850. The molecular formula is C14H16BrN5O3S. The van der Waals surface area contributed by atoms with E-state index >= 15 is 0 Å². The van der Waals surface area contributed by atoms with Crippen LogP contribution in [0.2, 0.25) is 0 Å². The van der Waals surface area contributed by atoms with Crippen molar-refractivity contribution in [1.82, 2.24) is 25.1 Å². The SMILES string of the molecule is CN(C(=O)Cn1nnc(-c2ccc(Br)cc2)n1)C1CCS(=O)(=O)C1. The monoisotopic (exact) mass is 413 g/mol. The van der Waals surface area contributed by atoms with E-state index in [0.717, 1.165) is 10.0 Å². The quantitative estimate of drug-likeness (QED) is 0.733. The molecule has 0 aliphatic carbocycles. The molecule has 1 aliphatic rings. The molecule has 1 aromatic carbocycles.